The maximum absolute atomic E-state index is 13.5. The van der Waals surface area contributed by atoms with Gasteiger partial charge in [0.1, 0.15) is 40.7 Å². The molecule has 11 nitrogen and oxygen atoms in total. The summed E-state index contributed by atoms with van der Waals surface area (Å²) in [5.41, 5.74) is -0.970. The van der Waals surface area contributed by atoms with E-state index in [-0.39, 0.29) is 29.8 Å². The number of carbonyl (C=O) groups excluding carboxylic acids is 2. The third kappa shape index (κ3) is 9.59. The minimum absolute atomic E-state index is 0.00422. The van der Waals surface area contributed by atoms with E-state index in [9.17, 15) is 14.9 Å². The summed E-state index contributed by atoms with van der Waals surface area (Å²) in [6.45, 7) is 19.7. The van der Waals surface area contributed by atoms with Crippen LogP contribution in [0.3, 0.4) is 0 Å². The molecule has 40 heavy (non-hydrogen) atoms. The zero-order valence-corrected chi connectivity index (χ0v) is 28.5. The molecule has 0 atom stereocenters. The van der Waals surface area contributed by atoms with Gasteiger partial charge in [0.25, 0.3) is 0 Å². The summed E-state index contributed by atoms with van der Waals surface area (Å²) in [7, 11) is -1.37. The number of imide groups is 1. The normalized spacial score (nSPS) is 12.2. The molecule has 0 aliphatic heterocycles. The van der Waals surface area contributed by atoms with E-state index >= 15 is 0 Å². The lowest BCUT2D eigenvalue weighted by Crippen LogP contribution is -2.44. The summed E-state index contributed by atoms with van der Waals surface area (Å²) >= 11 is 2.03. The average molecular weight is 688 g/mol. The summed E-state index contributed by atoms with van der Waals surface area (Å²) in [5, 5.41) is 10.1. The van der Waals surface area contributed by atoms with Crippen LogP contribution in [0.15, 0.2) is 0 Å². The zero-order valence-electron chi connectivity index (χ0n) is 25.3. The molecule has 0 radical (unpaired) electrons. The number of aromatic nitrogens is 3. The minimum Gasteiger partial charge on any atom is -0.463 e. The summed E-state index contributed by atoms with van der Waals surface area (Å²) in [6.07, 6.45) is -0.326. The molecule has 222 valence electrons. The monoisotopic (exact) mass is 687 g/mol. The number of hydrogen-bond donors (Lipinski definition) is 0. The molecular formula is C27H42IN5O6Si. The molecular weight excluding hydrogens is 645 g/mol. The van der Waals surface area contributed by atoms with Gasteiger partial charge >= 0.3 is 18.2 Å². The molecule has 2 heterocycles. The van der Waals surface area contributed by atoms with Crippen molar-refractivity contribution < 1.29 is 28.5 Å². The largest absolute Gasteiger partial charge is 0.463 e. The van der Waals surface area contributed by atoms with E-state index in [1.165, 1.54) is 0 Å². The van der Waals surface area contributed by atoms with Gasteiger partial charge in [-0.25, -0.2) is 9.59 Å². The fourth-order valence-corrected chi connectivity index (χ4v) is 4.88. The number of carbonyl (C=O) groups is 2. The second kappa shape index (κ2) is 13.5. The van der Waals surface area contributed by atoms with Crippen LogP contribution < -0.4 is 9.64 Å². The summed E-state index contributed by atoms with van der Waals surface area (Å²) in [5.74, 6) is -0.117. The number of amides is 2. The fraction of sp³-hybridized carbons (Fsp3) is 0.667. The van der Waals surface area contributed by atoms with Crippen molar-refractivity contribution in [2.75, 3.05) is 18.1 Å². The minimum atomic E-state index is -1.37. The van der Waals surface area contributed by atoms with Crippen molar-refractivity contribution in [2.45, 2.75) is 105 Å². The standard InChI is InChI=1S/C27H42IN5O6Si/c1-11-12-13-37-23-30-20-19(28)18(16-29)32(17-36-14-15-40(8,9)10)21(20)22(31-23)33(24(34)38-26(2,3)4)25(35)39-27(5,6)7/h11-15,17H2,1-10H3. The highest BCUT2D eigenvalue weighted by Crippen LogP contribution is 2.35. The average Bonchev–Trinajstić information content (AvgIpc) is 3.05. The van der Waals surface area contributed by atoms with Crippen molar-refractivity contribution >= 4 is 59.7 Å². The number of anilines is 1. The second-order valence-corrected chi connectivity index (χ2v) is 19.3. The van der Waals surface area contributed by atoms with Crippen molar-refractivity contribution in [1.29, 1.82) is 5.26 Å². The topological polar surface area (TPSA) is 129 Å². The molecule has 2 amide bonds. The van der Waals surface area contributed by atoms with Gasteiger partial charge in [0, 0.05) is 14.7 Å². The van der Waals surface area contributed by atoms with Crippen molar-refractivity contribution in [1.82, 2.24) is 14.5 Å². The lowest BCUT2D eigenvalue weighted by Gasteiger charge is -2.28. The molecule has 0 bridgehead atoms. The Morgan fingerprint density at radius 1 is 1.02 bits per heavy atom. The predicted molar refractivity (Wildman–Crippen MR) is 164 cm³/mol. The molecule has 13 heteroatoms. The highest BCUT2D eigenvalue weighted by Gasteiger charge is 2.37. The Labute approximate surface area is 251 Å². The SMILES string of the molecule is CCCCOc1nc(N(C(=O)OC(C)(C)C)C(=O)OC(C)(C)C)c2c(n1)c(I)c(C#N)n2COCC[Si](C)(C)C. The number of nitrogens with zero attached hydrogens (tertiary/aromatic N) is 5. The van der Waals surface area contributed by atoms with E-state index in [0.717, 1.165) is 23.8 Å². The summed E-state index contributed by atoms with van der Waals surface area (Å²) in [6, 6.07) is 3.10. The van der Waals surface area contributed by atoms with Gasteiger partial charge in [-0.05, 0) is 76.6 Å². The number of ether oxygens (including phenoxy) is 4. The first kappa shape index (κ1) is 33.8. The number of nitriles is 1. The van der Waals surface area contributed by atoms with Crippen LogP contribution in [0.1, 0.15) is 67.0 Å². The third-order valence-corrected chi connectivity index (χ3v) is 7.94. The maximum Gasteiger partial charge on any atom is 0.425 e. The number of halogens is 1. The lowest BCUT2D eigenvalue weighted by atomic mass is 10.2. The quantitative estimate of drug-likeness (QED) is 0.146. The van der Waals surface area contributed by atoms with Crippen LogP contribution in [0.2, 0.25) is 25.7 Å². The van der Waals surface area contributed by atoms with Gasteiger partial charge in [-0.15, -0.1) is 0 Å². The fourth-order valence-electron chi connectivity index (χ4n) is 3.33. The summed E-state index contributed by atoms with van der Waals surface area (Å²) < 4.78 is 25.1. The second-order valence-electron chi connectivity index (χ2n) is 12.6. The first-order valence-corrected chi connectivity index (χ1v) is 18.1. The third-order valence-electron chi connectivity index (χ3n) is 5.22. The number of unbranched alkanes of at least 4 members (excludes halogenated alkanes) is 1. The lowest BCUT2D eigenvalue weighted by molar-refractivity contribution is 0.0428. The molecule has 2 aromatic rings. The zero-order chi connectivity index (χ0) is 30.5. The van der Waals surface area contributed by atoms with Gasteiger partial charge in [0.2, 0.25) is 0 Å². The van der Waals surface area contributed by atoms with Crippen LogP contribution in [0, 0.1) is 14.9 Å². The first-order chi connectivity index (χ1) is 18.4. The highest BCUT2D eigenvalue weighted by molar-refractivity contribution is 14.1. The van der Waals surface area contributed by atoms with E-state index in [4.69, 9.17) is 18.9 Å². The number of rotatable bonds is 10. The van der Waals surface area contributed by atoms with E-state index in [1.54, 1.807) is 46.1 Å². The molecule has 0 aromatic carbocycles. The molecule has 0 saturated carbocycles. The van der Waals surface area contributed by atoms with E-state index in [0.29, 0.717) is 22.3 Å². The van der Waals surface area contributed by atoms with Crippen molar-refractivity contribution in [3.63, 3.8) is 0 Å². The van der Waals surface area contributed by atoms with Crippen LogP contribution in [-0.2, 0) is 20.9 Å². The predicted octanol–water partition coefficient (Wildman–Crippen LogP) is 7.08. The van der Waals surface area contributed by atoms with Gasteiger partial charge in [-0.3, -0.25) is 0 Å². The molecule has 0 spiro atoms. The van der Waals surface area contributed by atoms with Crippen LogP contribution in [0.4, 0.5) is 15.4 Å². The Bertz CT molecular complexity index is 1230. The van der Waals surface area contributed by atoms with Gasteiger partial charge < -0.3 is 23.5 Å². The molecule has 0 saturated heterocycles. The Morgan fingerprint density at radius 2 is 1.60 bits per heavy atom. The first-order valence-electron chi connectivity index (χ1n) is 13.3. The number of fused-ring (bicyclic) bond motifs is 1. The highest BCUT2D eigenvalue weighted by atomic mass is 127. The molecule has 0 N–H and O–H groups in total. The van der Waals surface area contributed by atoms with Crippen molar-refractivity contribution in [2.24, 2.45) is 0 Å². The van der Waals surface area contributed by atoms with E-state index in [1.807, 2.05) is 29.5 Å². The molecule has 2 rings (SSSR count). The Kier molecular flexibility index (Phi) is 11.4. The van der Waals surface area contributed by atoms with Gasteiger partial charge in [-0.2, -0.15) is 20.1 Å². The van der Waals surface area contributed by atoms with Gasteiger partial charge in [0.15, 0.2) is 5.82 Å². The summed E-state index contributed by atoms with van der Waals surface area (Å²) in [4.78, 5) is 36.9. The molecule has 2 aromatic heterocycles. The van der Waals surface area contributed by atoms with Gasteiger partial charge in [0.05, 0.1) is 10.2 Å². The molecule has 0 aliphatic carbocycles. The van der Waals surface area contributed by atoms with Gasteiger partial charge in [-0.1, -0.05) is 33.0 Å². The Morgan fingerprint density at radius 3 is 2.08 bits per heavy atom. The number of hydrogen-bond acceptors (Lipinski definition) is 9. The molecule has 0 unspecified atom stereocenters. The maximum atomic E-state index is 13.5. The molecule has 0 aliphatic rings. The van der Waals surface area contributed by atoms with Crippen LogP contribution in [0.25, 0.3) is 11.0 Å². The van der Waals surface area contributed by atoms with Crippen LogP contribution >= 0.6 is 22.6 Å². The van der Waals surface area contributed by atoms with Crippen LogP contribution in [0.5, 0.6) is 6.01 Å². The molecule has 0 fully saturated rings. The van der Waals surface area contributed by atoms with Crippen molar-refractivity contribution in [3.05, 3.63) is 9.26 Å². The van der Waals surface area contributed by atoms with E-state index in [2.05, 4.69) is 35.7 Å². The van der Waals surface area contributed by atoms with E-state index < -0.39 is 31.5 Å². The Hall–Kier alpha value is -2.44. The van der Waals surface area contributed by atoms with Crippen molar-refractivity contribution in [3.8, 4) is 12.1 Å². The smallest absolute Gasteiger partial charge is 0.425 e. The van der Waals surface area contributed by atoms with Crippen LogP contribution in [-0.4, -0.2) is 59.2 Å². The Balaban J connectivity index is 2.82.